The van der Waals surface area contributed by atoms with Gasteiger partial charge in [0.25, 0.3) is 0 Å². The minimum atomic E-state index is -4.25. The van der Waals surface area contributed by atoms with Crippen molar-refractivity contribution in [2.24, 2.45) is 0 Å². The van der Waals surface area contributed by atoms with E-state index in [4.69, 9.17) is 0 Å². The average Bonchev–Trinajstić information content (AvgIpc) is 3.14. The van der Waals surface area contributed by atoms with E-state index in [1.165, 1.54) is 6.92 Å². The highest BCUT2D eigenvalue weighted by molar-refractivity contribution is 9.10. The minimum Gasteiger partial charge on any atom is -0.326 e. The highest BCUT2D eigenvalue weighted by Gasteiger charge is 2.29. The van der Waals surface area contributed by atoms with Crippen molar-refractivity contribution in [1.29, 1.82) is 0 Å². The second kappa shape index (κ2) is 9.20. The van der Waals surface area contributed by atoms with Gasteiger partial charge in [-0.2, -0.15) is 9.36 Å². The quantitative estimate of drug-likeness (QED) is 0.336. The van der Waals surface area contributed by atoms with E-state index in [0.717, 1.165) is 29.7 Å². The zero-order valence-corrected chi connectivity index (χ0v) is 19.1. The van der Waals surface area contributed by atoms with Crippen LogP contribution in [-0.4, -0.2) is 23.7 Å². The topological polar surface area (TPSA) is 101 Å². The summed E-state index contributed by atoms with van der Waals surface area (Å²) in [6.45, 7) is 4.83. The van der Waals surface area contributed by atoms with Gasteiger partial charge in [-0.05, 0) is 52.3 Å². The van der Waals surface area contributed by atoms with Crippen molar-refractivity contribution in [3.63, 3.8) is 0 Å². The van der Waals surface area contributed by atoms with Gasteiger partial charge in [0.1, 0.15) is 16.9 Å². The van der Waals surface area contributed by atoms with Crippen LogP contribution in [0.3, 0.4) is 0 Å². The highest BCUT2D eigenvalue weighted by Crippen LogP contribution is 2.32. The summed E-state index contributed by atoms with van der Waals surface area (Å²) >= 11 is 3.64. The molecular formula is C19H15BrF2N4O3S2. The lowest BCUT2D eigenvalue weighted by atomic mass is 10.1. The van der Waals surface area contributed by atoms with E-state index in [9.17, 15) is 22.0 Å². The maximum atomic E-state index is 14.3. The number of sulfonamides is 1. The molecule has 0 radical (unpaired) electrons. The van der Waals surface area contributed by atoms with E-state index in [1.807, 2.05) is 0 Å². The summed E-state index contributed by atoms with van der Waals surface area (Å²) in [6, 6.07) is 8.29. The molecule has 2 N–H and O–H groups in total. The van der Waals surface area contributed by atoms with E-state index in [-0.39, 0.29) is 26.9 Å². The maximum absolute atomic E-state index is 14.3. The summed E-state index contributed by atoms with van der Waals surface area (Å²) in [7, 11) is -4.25. The highest BCUT2D eigenvalue weighted by atomic mass is 79.9. The van der Waals surface area contributed by atoms with Crippen LogP contribution in [0.2, 0.25) is 0 Å². The SMILES string of the molecule is C=CC(c1cc(F)c(Br)cc1F)S(=O)(=O)Nc1nc(-c2ccc(NC(C)=O)cc2)ns1. The lowest BCUT2D eigenvalue weighted by Gasteiger charge is -2.15. The number of benzene rings is 2. The van der Waals surface area contributed by atoms with Crippen LogP contribution in [0.15, 0.2) is 53.5 Å². The Hall–Kier alpha value is -2.70. The summed E-state index contributed by atoms with van der Waals surface area (Å²) in [5.41, 5.74) is 0.795. The van der Waals surface area contributed by atoms with Crippen molar-refractivity contribution in [3.05, 3.63) is 70.7 Å². The van der Waals surface area contributed by atoms with Crippen LogP contribution in [-0.2, 0) is 14.8 Å². The first-order valence-corrected chi connectivity index (χ1v) is 11.7. The predicted molar refractivity (Wildman–Crippen MR) is 119 cm³/mol. The Balaban J connectivity index is 1.83. The molecule has 1 atom stereocenters. The van der Waals surface area contributed by atoms with Gasteiger partial charge in [-0.3, -0.25) is 9.52 Å². The number of amides is 1. The third-order valence-corrected chi connectivity index (χ3v) is 6.97. The van der Waals surface area contributed by atoms with E-state index in [1.54, 1.807) is 24.3 Å². The molecule has 1 heterocycles. The molecule has 1 unspecified atom stereocenters. The van der Waals surface area contributed by atoms with Crippen molar-refractivity contribution < 1.29 is 22.0 Å². The Bertz CT molecular complexity index is 1250. The third-order valence-electron chi connectivity index (χ3n) is 4.01. The average molecular weight is 529 g/mol. The first-order chi connectivity index (χ1) is 14.6. The third kappa shape index (κ3) is 5.32. The normalized spacial score (nSPS) is 12.3. The van der Waals surface area contributed by atoms with Crippen molar-refractivity contribution in [3.8, 4) is 11.4 Å². The van der Waals surface area contributed by atoms with Gasteiger partial charge in [-0.15, -0.1) is 6.58 Å². The molecule has 0 bridgehead atoms. The predicted octanol–water partition coefficient (Wildman–Crippen LogP) is 4.87. The van der Waals surface area contributed by atoms with Gasteiger partial charge in [0.2, 0.25) is 21.1 Å². The fourth-order valence-corrected chi connectivity index (χ4v) is 5.09. The molecule has 1 amide bonds. The number of hydrogen-bond acceptors (Lipinski definition) is 6. The molecule has 0 spiro atoms. The van der Waals surface area contributed by atoms with Gasteiger partial charge in [-0.1, -0.05) is 6.08 Å². The summed E-state index contributed by atoms with van der Waals surface area (Å²) in [6.07, 6.45) is 0.997. The minimum absolute atomic E-state index is 0.0502. The molecule has 0 aliphatic rings. The summed E-state index contributed by atoms with van der Waals surface area (Å²) in [5, 5.41) is 1.02. The first kappa shape index (κ1) is 23.0. The number of rotatable bonds is 7. The van der Waals surface area contributed by atoms with Gasteiger partial charge >= 0.3 is 0 Å². The molecule has 0 saturated heterocycles. The van der Waals surface area contributed by atoms with Gasteiger partial charge in [0, 0.05) is 35.3 Å². The second-order valence-corrected chi connectivity index (χ2v) is 9.68. The Kier molecular flexibility index (Phi) is 6.82. The number of halogens is 3. The van der Waals surface area contributed by atoms with E-state index in [0.29, 0.717) is 11.3 Å². The molecule has 162 valence electrons. The fourth-order valence-electron chi connectivity index (χ4n) is 2.65. The number of anilines is 2. The standard InChI is InChI=1S/C19H15BrF2N4O3S2/c1-3-17(13-8-16(22)14(20)9-15(13)21)31(28,29)26-19-24-18(25-30-19)11-4-6-12(7-5-11)23-10(2)27/h3-9,17H,1H2,2H3,(H,23,27)(H,24,25,26). The molecule has 1 aromatic heterocycles. The Morgan fingerprint density at radius 2 is 1.90 bits per heavy atom. The largest absolute Gasteiger partial charge is 0.326 e. The van der Waals surface area contributed by atoms with Gasteiger partial charge in [0.05, 0.1) is 4.47 Å². The van der Waals surface area contributed by atoms with Crippen molar-refractivity contribution in [1.82, 2.24) is 9.36 Å². The van der Waals surface area contributed by atoms with Crippen LogP contribution in [0, 0.1) is 11.6 Å². The number of carbonyl (C=O) groups excluding carboxylic acids is 1. The van der Waals surface area contributed by atoms with Crippen LogP contribution in [0.4, 0.5) is 19.6 Å². The van der Waals surface area contributed by atoms with E-state index < -0.39 is 26.9 Å². The van der Waals surface area contributed by atoms with E-state index >= 15 is 0 Å². The summed E-state index contributed by atoms with van der Waals surface area (Å²) in [5.74, 6) is -1.66. The molecular weight excluding hydrogens is 514 g/mol. The smallest absolute Gasteiger partial charge is 0.245 e. The molecule has 0 aliphatic carbocycles. The molecule has 0 saturated carbocycles. The maximum Gasteiger partial charge on any atom is 0.245 e. The fraction of sp³-hybridized carbons (Fsp3) is 0.105. The van der Waals surface area contributed by atoms with Crippen molar-refractivity contribution in [2.45, 2.75) is 12.2 Å². The summed E-state index contributed by atoms with van der Waals surface area (Å²) in [4.78, 5) is 15.2. The zero-order valence-electron chi connectivity index (χ0n) is 15.9. The van der Waals surface area contributed by atoms with Crippen molar-refractivity contribution in [2.75, 3.05) is 10.0 Å². The summed E-state index contributed by atoms with van der Waals surface area (Å²) < 4.78 is 59.9. The van der Waals surface area contributed by atoms with Gasteiger partial charge < -0.3 is 5.32 Å². The van der Waals surface area contributed by atoms with Gasteiger partial charge in [-0.25, -0.2) is 17.2 Å². The second-order valence-electron chi connectivity index (χ2n) is 6.27. The molecule has 7 nitrogen and oxygen atoms in total. The molecule has 2 aromatic carbocycles. The number of carbonyl (C=O) groups is 1. The van der Waals surface area contributed by atoms with Crippen LogP contribution in [0.25, 0.3) is 11.4 Å². The first-order valence-electron chi connectivity index (χ1n) is 8.61. The van der Waals surface area contributed by atoms with Crippen LogP contribution in [0.5, 0.6) is 0 Å². The molecule has 0 aliphatic heterocycles. The van der Waals surface area contributed by atoms with Crippen LogP contribution < -0.4 is 10.0 Å². The molecule has 31 heavy (non-hydrogen) atoms. The monoisotopic (exact) mass is 528 g/mol. The molecule has 3 aromatic rings. The Morgan fingerprint density at radius 1 is 1.23 bits per heavy atom. The van der Waals surface area contributed by atoms with Crippen molar-refractivity contribution >= 4 is 54.2 Å². The van der Waals surface area contributed by atoms with E-state index in [2.05, 4.69) is 41.9 Å². The zero-order chi connectivity index (χ0) is 22.8. The molecule has 12 heteroatoms. The number of hydrogen-bond donors (Lipinski definition) is 2. The lowest BCUT2D eigenvalue weighted by Crippen LogP contribution is -2.21. The van der Waals surface area contributed by atoms with Crippen LogP contribution >= 0.6 is 27.5 Å². The molecule has 0 fully saturated rings. The lowest BCUT2D eigenvalue weighted by molar-refractivity contribution is -0.114. The Morgan fingerprint density at radius 3 is 2.52 bits per heavy atom. The Labute approximate surface area is 189 Å². The number of nitrogens with zero attached hydrogens (tertiary/aromatic N) is 2. The number of nitrogens with one attached hydrogen (secondary N) is 2. The molecule has 3 rings (SSSR count). The van der Waals surface area contributed by atoms with Gasteiger partial charge in [0.15, 0.2) is 5.82 Å². The van der Waals surface area contributed by atoms with Crippen LogP contribution in [0.1, 0.15) is 17.7 Å². The number of aromatic nitrogens is 2.